The molecule has 1 aromatic heterocycles. The van der Waals surface area contributed by atoms with E-state index in [4.69, 9.17) is 4.74 Å². The van der Waals surface area contributed by atoms with Crippen LogP contribution in [0.4, 0.5) is 5.69 Å². The van der Waals surface area contributed by atoms with Gasteiger partial charge in [0.2, 0.25) is 0 Å². The lowest BCUT2D eigenvalue weighted by atomic mass is 10.00. The molecular formula is C22H32N4O2S. The van der Waals surface area contributed by atoms with Gasteiger partial charge < -0.3 is 25.4 Å². The predicted molar refractivity (Wildman–Crippen MR) is 121 cm³/mol. The van der Waals surface area contributed by atoms with Gasteiger partial charge in [0.25, 0.3) is 0 Å². The van der Waals surface area contributed by atoms with Crippen LogP contribution >= 0.6 is 11.3 Å². The minimum absolute atomic E-state index is 0.317. The van der Waals surface area contributed by atoms with Gasteiger partial charge in [-0.1, -0.05) is 12.1 Å². The highest BCUT2D eigenvalue weighted by Crippen LogP contribution is 2.31. The van der Waals surface area contributed by atoms with Crippen LogP contribution in [-0.2, 0) is 5.60 Å². The molecule has 1 aromatic carbocycles. The number of aliphatic imine (C=N–C) groups is 1. The van der Waals surface area contributed by atoms with Gasteiger partial charge in [-0.05, 0) is 60.7 Å². The van der Waals surface area contributed by atoms with Gasteiger partial charge in [-0.25, -0.2) is 4.99 Å². The van der Waals surface area contributed by atoms with Crippen molar-refractivity contribution in [2.45, 2.75) is 25.9 Å². The topological polar surface area (TPSA) is 69.1 Å². The molecule has 2 heterocycles. The molecule has 0 aliphatic carbocycles. The molecule has 2 aromatic rings. The average Bonchev–Trinajstić information content (AvgIpc) is 3.42. The summed E-state index contributed by atoms with van der Waals surface area (Å²) in [5.41, 5.74) is 1.10. The Morgan fingerprint density at radius 1 is 1.34 bits per heavy atom. The number of nitrogens with zero attached hydrogens (tertiary/aromatic N) is 2. The number of guanidine groups is 1. The number of para-hydroxylation sites is 2. The van der Waals surface area contributed by atoms with Gasteiger partial charge in [0.1, 0.15) is 11.4 Å². The highest BCUT2D eigenvalue weighted by Gasteiger charge is 2.25. The van der Waals surface area contributed by atoms with Crippen LogP contribution in [-0.4, -0.2) is 50.9 Å². The molecule has 1 saturated heterocycles. The van der Waals surface area contributed by atoms with Crippen LogP contribution in [0.25, 0.3) is 0 Å². The molecule has 158 valence electrons. The molecule has 2 atom stereocenters. The fourth-order valence-electron chi connectivity index (χ4n) is 3.59. The summed E-state index contributed by atoms with van der Waals surface area (Å²) in [4.78, 5) is 7.01. The summed E-state index contributed by atoms with van der Waals surface area (Å²) in [6.07, 6.45) is 1.12. The Bertz CT molecular complexity index is 792. The van der Waals surface area contributed by atoms with Gasteiger partial charge in [-0.3, -0.25) is 0 Å². The Hall–Kier alpha value is -2.25. The van der Waals surface area contributed by atoms with Crippen molar-refractivity contribution < 1.29 is 9.84 Å². The maximum absolute atomic E-state index is 10.7. The van der Waals surface area contributed by atoms with E-state index < -0.39 is 5.60 Å². The zero-order valence-corrected chi connectivity index (χ0v) is 18.3. The Morgan fingerprint density at radius 3 is 2.90 bits per heavy atom. The smallest absolute Gasteiger partial charge is 0.191 e. The summed E-state index contributed by atoms with van der Waals surface area (Å²) in [5.74, 6) is 2.20. The third-order valence-corrected chi connectivity index (χ3v) is 5.99. The molecule has 0 bridgehead atoms. The first-order chi connectivity index (χ1) is 14.0. The van der Waals surface area contributed by atoms with Gasteiger partial charge in [-0.2, -0.15) is 11.3 Å². The largest absolute Gasteiger partial charge is 0.495 e. The van der Waals surface area contributed by atoms with Crippen molar-refractivity contribution in [2.24, 2.45) is 10.9 Å². The van der Waals surface area contributed by atoms with E-state index >= 15 is 0 Å². The predicted octanol–water partition coefficient (Wildman–Crippen LogP) is 3.05. The molecule has 1 aliphatic heterocycles. The molecule has 2 unspecified atom stereocenters. The average molecular weight is 417 g/mol. The first kappa shape index (κ1) is 21.5. The van der Waals surface area contributed by atoms with E-state index in [0.717, 1.165) is 55.6 Å². The van der Waals surface area contributed by atoms with Crippen molar-refractivity contribution >= 4 is 23.0 Å². The number of benzene rings is 1. The van der Waals surface area contributed by atoms with Gasteiger partial charge in [0.15, 0.2) is 5.96 Å². The Balaban J connectivity index is 1.55. The molecule has 0 amide bonds. The normalized spacial score (nSPS) is 19.1. The van der Waals surface area contributed by atoms with Crippen molar-refractivity contribution in [3.63, 3.8) is 0 Å². The first-order valence-electron chi connectivity index (χ1n) is 10.2. The molecule has 0 radical (unpaired) electrons. The van der Waals surface area contributed by atoms with E-state index in [0.29, 0.717) is 12.5 Å². The fraction of sp³-hybridized carbons (Fsp3) is 0.500. The lowest BCUT2D eigenvalue weighted by Crippen LogP contribution is -2.41. The summed E-state index contributed by atoms with van der Waals surface area (Å²) >= 11 is 1.59. The summed E-state index contributed by atoms with van der Waals surface area (Å²) in [7, 11) is 1.72. The van der Waals surface area contributed by atoms with Crippen molar-refractivity contribution in [1.29, 1.82) is 0 Å². The monoisotopic (exact) mass is 416 g/mol. The second-order valence-electron chi connectivity index (χ2n) is 7.63. The zero-order valence-electron chi connectivity index (χ0n) is 17.5. The van der Waals surface area contributed by atoms with Crippen LogP contribution in [0.15, 0.2) is 46.1 Å². The Labute approximate surface area is 177 Å². The van der Waals surface area contributed by atoms with Crippen molar-refractivity contribution in [1.82, 2.24) is 10.6 Å². The number of thiophene rings is 1. The maximum atomic E-state index is 10.7. The third-order valence-electron chi connectivity index (χ3n) is 5.30. The molecule has 29 heavy (non-hydrogen) atoms. The van der Waals surface area contributed by atoms with E-state index in [-0.39, 0.29) is 0 Å². The Morgan fingerprint density at radius 2 is 2.17 bits per heavy atom. The number of ether oxygens (including phenoxy) is 1. The molecule has 0 spiro atoms. The number of rotatable bonds is 8. The van der Waals surface area contributed by atoms with E-state index in [1.165, 1.54) is 0 Å². The number of hydrogen-bond acceptors (Lipinski definition) is 5. The van der Waals surface area contributed by atoms with Gasteiger partial charge in [0.05, 0.1) is 19.3 Å². The number of nitrogens with one attached hydrogen (secondary N) is 2. The number of anilines is 1. The lowest BCUT2D eigenvalue weighted by molar-refractivity contribution is 0.0677. The molecule has 0 saturated carbocycles. The number of methoxy groups -OCH3 is 1. The first-order valence-corrected chi connectivity index (χ1v) is 11.1. The van der Waals surface area contributed by atoms with Crippen LogP contribution in [0.2, 0.25) is 0 Å². The summed E-state index contributed by atoms with van der Waals surface area (Å²) < 4.78 is 5.51. The van der Waals surface area contributed by atoms with E-state index in [1.807, 2.05) is 42.8 Å². The number of hydrogen-bond donors (Lipinski definition) is 3. The van der Waals surface area contributed by atoms with Crippen molar-refractivity contribution in [3.8, 4) is 5.75 Å². The van der Waals surface area contributed by atoms with Crippen molar-refractivity contribution in [2.75, 3.05) is 44.7 Å². The van der Waals surface area contributed by atoms with Gasteiger partial charge in [0, 0.05) is 26.2 Å². The zero-order chi connectivity index (χ0) is 20.7. The quantitative estimate of drug-likeness (QED) is 0.456. The molecule has 1 fully saturated rings. The van der Waals surface area contributed by atoms with Crippen LogP contribution in [0.1, 0.15) is 25.8 Å². The minimum atomic E-state index is -0.962. The summed E-state index contributed by atoms with van der Waals surface area (Å²) in [6, 6.07) is 10.1. The second kappa shape index (κ2) is 9.98. The van der Waals surface area contributed by atoms with Gasteiger partial charge >= 0.3 is 0 Å². The van der Waals surface area contributed by atoms with Crippen LogP contribution < -0.4 is 20.3 Å². The number of aliphatic hydroxyl groups is 1. The molecule has 7 heteroatoms. The summed E-state index contributed by atoms with van der Waals surface area (Å²) in [5, 5.41) is 21.4. The highest BCUT2D eigenvalue weighted by molar-refractivity contribution is 7.08. The van der Waals surface area contributed by atoms with Crippen molar-refractivity contribution in [3.05, 3.63) is 46.7 Å². The van der Waals surface area contributed by atoms with Crippen LogP contribution in [0, 0.1) is 5.92 Å². The SMILES string of the molecule is CCNC(=NCC(C)(O)c1ccsc1)NCC1CCN(c2ccccc2OC)C1. The summed E-state index contributed by atoms with van der Waals surface area (Å²) in [6.45, 7) is 7.81. The molecular weight excluding hydrogens is 384 g/mol. The van der Waals surface area contributed by atoms with Crippen LogP contribution in [0.3, 0.4) is 0 Å². The lowest BCUT2D eigenvalue weighted by Gasteiger charge is -2.22. The third kappa shape index (κ3) is 5.64. The van der Waals surface area contributed by atoms with E-state index in [9.17, 15) is 5.11 Å². The Kier molecular flexibility index (Phi) is 7.39. The van der Waals surface area contributed by atoms with E-state index in [1.54, 1.807) is 18.4 Å². The maximum Gasteiger partial charge on any atom is 0.191 e. The molecule has 3 N–H and O–H groups in total. The second-order valence-corrected chi connectivity index (χ2v) is 8.41. The highest BCUT2D eigenvalue weighted by atomic mass is 32.1. The molecule has 3 rings (SSSR count). The molecule has 1 aliphatic rings. The standard InChI is InChI=1S/C22H32N4O2S/c1-4-23-21(25-16-22(2,27)18-10-12-29-15-18)24-13-17-9-11-26(14-17)19-7-5-6-8-20(19)28-3/h5-8,10,12,15,17,27H,4,9,11,13-14,16H2,1-3H3,(H2,23,24,25). The van der Waals surface area contributed by atoms with Gasteiger partial charge in [-0.15, -0.1) is 0 Å². The van der Waals surface area contributed by atoms with Crippen LogP contribution in [0.5, 0.6) is 5.75 Å². The van der Waals surface area contributed by atoms with E-state index in [2.05, 4.69) is 32.7 Å². The fourth-order valence-corrected chi connectivity index (χ4v) is 4.37. The minimum Gasteiger partial charge on any atom is -0.495 e. The molecule has 6 nitrogen and oxygen atoms in total.